The number of hydrogen-bond acceptors (Lipinski definition) is 5. The maximum absolute atomic E-state index is 11.8. The molecule has 0 radical (unpaired) electrons. The van der Waals surface area contributed by atoms with Gasteiger partial charge >= 0.3 is 5.97 Å². The van der Waals surface area contributed by atoms with Gasteiger partial charge in [-0.1, -0.05) is 35.0 Å². The topological polar surface area (TPSA) is 76.0 Å². The first kappa shape index (κ1) is 14.9. The summed E-state index contributed by atoms with van der Waals surface area (Å²) in [4.78, 5) is 23.1. The summed E-state index contributed by atoms with van der Waals surface area (Å²) >= 11 is 5.96. The number of rotatable bonds is 4. The lowest BCUT2D eigenvalue weighted by molar-refractivity contribution is -0.149. The van der Waals surface area contributed by atoms with E-state index in [1.807, 2.05) is 0 Å². The lowest BCUT2D eigenvalue weighted by Crippen LogP contribution is -2.21. The van der Waals surface area contributed by atoms with E-state index in [9.17, 15) is 9.59 Å². The SMILES string of the molecule is COC(=O)C(=O)C(=C/c1ccccc1Cl)/C(C)=N\O. The van der Waals surface area contributed by atoms with Gasteiger partial charge in [0.1, 0.15) is 0 Å². The van der Waals surface area contributed by atoms with Crippen molar-refractivity contribution in [2.45, 2.75) is 6.92 Å². The van der Waals surface area contributed by atoms with Crippen molar-refractivity contribution in [1.29, 1.82) is 0 Å². The zero-order valence-corrected chi connectivity index (χ0v) is 11.1. The smallest absolute Gasteiger partial charge is 0.379 e. The van der Waals surface area contributed by atoms with Crippen LogP contribution >= 0.6 is 11.6 Å². The van der Waals surface area contributed by atoms with Crippen LogP contribution in [0.4, 0.5) is 0 Å². The van der Waals surface area contributed by atoms with E-state index in [0.717, 1.165) is 7.11 Å². The van der Waals surface area contributed by atoms with E-state index >= 15 is 0 Å². The molecule has 0 fully saturated rings. The van der Waals surface area contributed by atoms with Crippen molar-refractivity contribution in [2.75, 3.05) is 7.11 Å². The van der Waals surface area contributed by atoms with E-state index in [2.05, 4.69) is 9.89 Å². The molecule has 5 nitrogen and oxygen atoms in total. The molecule has 0 unspecified atom stereocenters. The maximum Gasteiger partial charge on any atom is 0.379 e. The first-order valence-electron chi connectivity index (χ1n) is 5.29. The molecule has 100 valence electrons. The highest BCUT2D eigenvalue weighted by Gasteiger charge is 2.22. The molecule has 1 N–H and O–H groups in total. The van der Waals surface area contributed by atoms with Gasteiger partial charge in [0.15, 0.2) is 0 Å². The quantitative estimate of drug-likeness (QED) is 0.229. The lowest BCUT2D eigenvalue weighted by Gasteiger charge is -2.05. The van der Waals surface area contributed by atoms with Crippen molar-refractivity contribution in [3.63, 3.8) is 0 Å². The highest BCUT2D eigenvalue weighted by atomic mass is 35.5. The zero-order valence-electron chi connectivity index (χ0n) is 10.4. The number of ketones is 1. The Hall–Kier alpha value is -2.14. The van der Waals surface area contributed by atoms with E-state index in [-0.39, 0.29) is 11.3 Å². The first-order chi connectivity index (χ1) is 9.01. The number of hydrogen-bond donors (Lipinski definition) is 1. The lowest BCUT2D eigenvalue weighted by atomic mass is 10.0. The molecule has 0 aliphatic carbocycles. The molecule has 0 heterocycles. The Morgan fingerprint density at radius 2 is 2.00 bits per heavy atom. The van der Waals surface area contributed by atoms with Gasteiger partial charge in [0.2, 0.25) is 0 Å². The summed E-state index contributed by atoms with van der Waals surface area (Å²) in [6.07, 6.45) is 1.37. The van der Waals surface area contributed by atoms with Crippen LogP contribution in [-0.2, 0) is 14.3 Å². The van der Waals surface area contributed by atoms with Crippen LogP contribution in [-0.4, -0.2) is 29.8 Å². The number of benzene rings is 1. The van der Waals surface area contributed by atoms with Crippen molar-refractivity contribution in [3.8, 4) is 0 Å². The Kier molecular flexibility index (Phi) is 5.26. The van der Waals surface area contributed by atoms with E-state index in [4.69, 9.17) is 16.8 Å². The Labute approximate surface area is 115 Å². The molecule has 0 bridgehead atoms. The minimum absolute atomic E-state index is 0.00433. The molecule has 1 rings (SSSR count). The maximum atomic E-state index is 11.8. The molecule has 1 aromatic rings. The largest absolute Gasteiger partial charge is 0.463 e. The van der Waals surface area contributed by atoms with Gasteiger partial charge in [0.05, 0.1) is 18.4 Å². The predicted molar refractivity (Wildman–Crippen MR) is 71.3 cm³/mol. The van der Waals surface area contributed by atoms with Crippen LogP contribution in [0.1, 0.15) is 12.5 Å². The second kappa shape index (κ2) is 6.70. The molecule has 0 aliphatic rings. The van der Waals surface area contributed by atoms with E-state index in [1.165, 1.54) is 13.0 Å². The highest BCUT2D eigenvalue weighted by Crippen LogP contribution is 2.19. The van der Waals surface area contributed by atoms with Gasteiger partial charge < -0.3 is 9.94 Å². The van der Waals surface area contributed by atoms with Gasteiger partial charge in [-0.3, -0.25) is 4.79 Å². The third-order valence-corrected chi connectivity index (χ3v) is 2.70. The van der Waals surface area contributed by atoms with Gasteiger partial charge in [-0.05, 0) is 24.6 Å². The van der Waals surface area contributed by atoms with Crippen LogP contribution in [0, 0.1) is 0 Å². The van der Waals surface area contributed by atoms with Crippen LogP contribution in [0.5, 0.6) is 0 Å². The van der Waals surface area contributed by atoms with Gasteiger partial charge in [-0.15, -0.1) is 0 Å². The number of ether oxygens (including phenoxy) is 1. The summed E-state index contributed by atoms with van der Waals surface area (Å²) in [5.41, 5.74) is 0.442. The molecule has 19 heavy (non-hydrogen) atoms. The van der Waals surface area contributed by atoms with Crippen LogP contribution in [0.25, 0.3) is 6.08 Å². The van der Waals surface area contributed by atoms with Gasteiger partial charge in [0, 0.05) is 5.02 Å². The monoisotopic (exact) mass is 281 g/mol. The van der Waals surface area contributed by atoms with E-state index in [1.54, 1.807) is 24.3 Å². The molecule has 0 spiro atoms. The second-order valence-electron chi connectivity index (χ2n) is 3.59. The Morgan fingerprint density at radius 3 is 2.53 bits per heavy atom. The molecule has 6 heteroatoms. The summed E-state index contributed by atoms with van der Waals surface area (Å²) < 4.78 is 4.36. The summed E-state index contributed by atoms with van der Waals surface area (Å²) in [7, 11) is 1.10. The number of nitrogens with zero attached hydrogens (tertiary/aromatic N) is 1. The summed E-state index contributed by atoms with van der Waals surface area (Å²) in [6.45, 7) is 1.39. The number of Topliss-reactive ketones (excluding diaryl/α,β-unsaturated/α-hetero) is 1. The molecular weight excluding hydrogens is 270 g/mol. The van der Waals surface area contributed by atoms with Crippen molar-refractivity contribution in [2.24, 2.45) is 5.16 Å². The molecule has 0 saturated carbocycles. The van der Waals surface area contributed by atoms with Crippen molar-refractivity contribution in [1.82, 2.24) is 0 Å². The summed E-state index contributed by atoms with van der Waals surface area (Å²) in [5, 5.41) is 12.1. The standard InChI is InChI=1S/C13H12ClNO4/c1-8(15-18)10(12(16)13(17)19-2)7-9-5-3-4-6-11(9)14/h3-7,18H,1-2H3/b10-7+,15-8-. The average Bonchev–Trinajstić information content (AvgIpc) is 2.44. The number of carbonyl (C=O) groups is 2. The van der Waals surface area contributed by atoms with Crippen LogP contribution < -0.4 is 0 Å². The van der Waals surface area contributed by atoms with E-state index in [0.29, 0.717) is 10.6 Å². The van der Waals surface area contributed by atoms with Gasteiger partial charge in [-0.2, -0.15) is 0 Å². The minimum Gasteiger partial charge on any atom is -0.463 e. The molecule has 0 saturated heterocycles. The molecule has 0 atom stereocenters. The second-order valence-corrected chi connectivity index (χ2v) is 3.99. The Balaban J connectivity index is 3.30. The average molecular weight is 282 g/mol. The first-order valence-corrected chi connectivity index (χ1v) is 5.67. The van der Waals surface area contributed by atoms with Gasteiger partial charge in [0.25, 0.3) is 5.78 Å². The number of halogens is 1. The third-order valence-electron chi connectivity index (χ3n) is 2.36. The Morgan fingerprint density at radius 1 is 1.37 bits per heavy atom. The van der Waals surface area contributed by atoms with E-state index < -0.39 is 11.8 Å². The van der Waals surface area contributed by atoms with Crippen LogP contribution in [0.2, 0.25) is 5.02 Å². The minimum atomic E-state index is -1.04. The molecular formula is C13H12ClNO4. The van der Waals surface area contributed by atoms with Crippen molar-refractivity contribution in [3.05, 3.63) is 40.4 Å². The fourth-order valence-electron chi connectivity index (χ4n) is 1.34. The van der Waals surface area contributed by atoms with Crippen LogP contribution in [0.15, 0.2) is 35.0 Å². The molecule has 0 aromatic heterocycles. The fraction of sp³-hybridized carbons (Fsp3) is 0.154. The fourth-order valence-corrected chi connectivity index (χ4v) is 1.53. The number of esters is 1. The normalized spacial score (nSPS) is 12.2. The number of carbonyl (C=O) groups excluding carboxylic acids is 2. The molecule has 1 aromatic carbocycles. The zero-order chi connectivity index (χ0) is 14.4. The predicted octanol–water partition coefficient (Wildman–Crippen LogP) is 2.32. The summed E-state index contributed by atoms with van der Waals surface area (Å²) in [6, 6.07) is 6.76. The molecule has 0 aliphatic heterocycles. The van der Waals surface area contributed by atoms with Crippen LogP contribution in [0.3, 0.4) is 0 Å². The van der Waals surface area contributed by atoms with Gasteiger partial charge in [-0.25, -0.2) is 4.79 Å². The third kappa shape index (κ3) is 3.66. The Bertz CT molecular complexity index is 564. The highest BCUT2D eigenvalue weighted by molar-refractivity contribution is 6.49. The van der Waals surface area contributed by atoms with Crippen molar-refractivity contribution < 1.29 is 19.5 Å². The molecule has 0 amide bonds. The number of methoxy groups -OCH3 is 1. The number of oxime groups is 1. The van der Waals surface area contributed by atoms with Crippen molar-refractivity contribution >= 4 is 35.1 Å². The summed E-state index contributed by atoms with van der Waals surface area (Å²) in [5.74, 6) is -1.95.